The molecule has 2 heterocycles. The molecular formula is C20H27N3O3S. The monoisotopic (exact) mass is 389 g/mol. The molecule has 1 aromatic carbocycles. The first-order chi connectivity index (χ1) is 13.1. The van der Waals surface area contributed by atoms with Gasteiger partial charge in [-0.05, 0) is 31.9 Å². The van der Waals surface area contributed by atoms with Crippen LogP contribution in [0.15, 0.2) is 34.2 Å². The van der Waals surface area contributed by atoms with E-state index in [0.29, 0.717) is 28.4 Å². The van der Waals surface area contributed by atoms with E-state index in [4.69, 9.17) is 4.74 Å². The fourth-order valence-electron chi connectivity index (χ4n) is 3.47. The summed E-state index contributed by atoms with van der Waals surface area (Å²) in [6.07, 6.45) is 4.52. The second-order valence-corrected chi connectivity index (χ2v) is 7.92. The van der Waals surface area contributed by atoms with Gasteiger partial charge < -0.3 is 9.64 Å². The molecule has 1 saturated heterocycles. The first-order valence-electron chi connectivity index (χ1n) is 9.52. The van der Waals surface area contributed by atoms with E-state index in [2.05, 4.69) is 4.98 Å². The normalized spacial score (nSPS) is 16.3. The second kappa shape index (κ2) is 9.37. The van der Waals surface area contributed by atoms with Crippen molar-refractivity contribution in [1.82, 2.24) is 14.5 Å². The summed E-state index contributed by atoms with van der Waals surface area (Å²) in [5, 5.41) is 1.16. The lowest BCUT2D eigenvalue weighted by atomic mass is 10.2. The minimum atomic E-state index is -0.157. The van der Waals surface area contributed by atoms with E-state index in [0.717, 1.165) is 25.9 Å². The summed E-state index contributed by atoms with van der Waals surface area (Å²) in [6.45, 7) is 4.00. The van der Waals surface area contributed by atoms with Gasteiger partial charge in [-0.2, -0.15) is 0 Å². The van der Waals surface area contributed by atoms with Crippen LogP contribution in [0.2, 0.25) is 0 Å². The maximum absolute atomic E-state index is 13.0. The molecular weight excluding hydrogens is 362 g/mol. The van der Waals surface area contributed by atoms with Gasteiger partial charge in [0.1, 0.15) is 0 Å². The highest BCUT2D eigenvalue weighted by Crippen LogP contribution is 2.22. The Balaban J connectivity index is 1.86. The van der Waals surface area contributed by atoms with Crippen LogP contribution in [-0.4, -0.2) is 52.9 Å². The standard InChI is InChI=1S/C20H27N3O3S/c1-15(13-26-2)23-19(25)16-9-5-6-10-17(16)21-20(23)27-14-18(24)22-11-7-3-4-8-12-22/h5-6,9-10,15H,3-4,7-8,11-14H2,1-2H3. The lowest BCUT2D eigenvalue weighted by Gasteiger charge is -2.21. The van der Waals surface area contributed by atoms with Crippen LogP contribution >= 0.6 is 11.8 Å². The summed E-state index contributed by atoms with van der Waals surface area (Å²) in [6, 6.07) is 7.18. The number of hydrogen-bond acceptors (Lipinski definition) is 5. The summed E-state index contributed by atoms with van der Waals surface area (Å²) >= 11 is 1.34. The molecule has 0 aliphatic carbocycles. The van der Waals surface area contributed by atoms with Crippen LogP contribution < -0.4 is 5.56 Å². The molecule has 0 N–H and O–H groups in total. The molecule has 27 heavy (non-hydrogen) atoms. The van der Waals surface area contributed by atoms with Crippen molar-refractivity contribution in [2.24, 2.45) is 0 Å². The van der Waals surface area contributed by atoms with Crippen molar-refractivity contribution in [3.63, 3.8) is 0 Å². The highest BCUT2D eigenvalue weighted by Gasteiger charge is 2.20. The molecule has 1 amide bonds. The first kappa shape index (κ1) is 19.9. The van der Waals surface area contributed by atoms with Gasteiger partial charge >= 0.3 is 0 Å². The number of hydrogen-bond donors (Lipinski definition) is 0. The van der Waals surface area contributed by atoms with Gasteiger partial charge in [0.25, 0.3) is 5.56 Å². The molecule has 1 aliphatic heterocycles. The Hall–Kier alpha value is -1.86. The van der Waals surface area contributed by atoms with E-state index in [-0.39, 0.29) is 17.5 Å². The van der Waals surface area contributed by atoms with Crippen molar-refractivity contribution in [3.8, 4) is 0 Å². The van der Waals surface area contributed by atoms with Gasteiger partial charge in [-0.3, -0.25) is 14.2 Å². The molecule has 7 heteroatoms. The van der Waals surface area contributed by atoms with Gasteiger partial charge in [0.05, 0.1) is 29.3 Å². The zero-order valence-electron chi connectivity index (χ0n) is 16.0. The topological polar surface area (TPSA) is 64.4 Å². The average Bonchev–Trinajstić information content (AvgIpc) is 2.96. The SMILES string of the molecule is COCC(C)n1c(SCC(=O)N2CCCCCC2)nc2ccccc2c1=O. The van der Waals surface area contributed by atoms with Crippen LogP contribution in [0.5, 0.6) is 0 Å². The zero-order valence-corrected chi connectivity index (χ0v) is 16.8. The molecule has 0 bridgehead atoms. The Kier molecular flexibility index (Phi) is 6.90. The van der Waals surface area contributed by atoms with Crippen LogP contribution in [0, 0.1) is 0 Å². The molecule has 2 aromatic rings. The number of methoxy groups -OCH3 is 1. The molecule has 0 spiro atoms. The van der Waals surface area contributed by atoms with E-state index in [1.54, 1.807) is 17.7 Å². The van der Waals surface area contributed by atoms with Gasteiger partial charge in [0, 0.05) is 20.2 Å². The van der Waals surface area contributed by atoms with E-state index in [1.807, 2.05) is 30.0 Å². The van der Waals surface area contributed by atoms with E-state index in [9.17, 15) is 9.59 Å². The Bertz CT molecular complexity index is 844. The number of thioether (sulfide) groups is 1. The van der Waals surface area contributed by atoms with Gasteiger partial charge in [-0.15, -0.1) is 0 Å². The van der Waals surface area contributed by atoms with Crippen molar-refractivity contribution in [2.75, 3.05) is 32.6 Å². The maximum atomic E-state index is 13.0. The van der Waals surface area contributed by atoms with Crippen molar-refractivity contribution in [1.29, 1.82) is 0 Å². The van der Waals surface area contributed by atoms with E-state index in [1.165, 1.54) is 24.6 Å². The number of aromatic nitrogens is 2. The van der Waals surface area contributed by atoms with Crippen molar-refractivity contribution >= 4 is 28.6 Å². The number of carbonyl (C=O) groups excluding carboxylic acids is 1. The fourth-order valence-corrected chi connectivity index (χ4v) is 4.47. The molecule has 1 fully saturated rings. The predicted octanol–water partition coefficient (Wildman–Crippen LogP) is 3.10. The summed E-state index contributed by atoms with van der Waals surface area (Å²) in [5.41, 5.74) is 0.572. The minimum Gasteiger partial charge on any atom is -0.383 e. The lowest BCUT2D eigenvalue weighted by molar-refractivity contribution is -0.128. The largest absolute Gasteiger partial charge is 0.383 e. The number of fused-ring (bicyclic) bond motifs is 1. The molecule has 1 aromatic heterocycles. The van der Waals surface area contributed by atoms with Crippen molar-refractivity contribution in [2.45, 2.75) is 43.8 Å². The van der Waals surface area contributed by atoms with Crippen molar-refractivity contribution < 1.29 is 9.53 Å². The van der Waals surface area contributed by atoms with E-state index >= 15 is 0 Å². The maximum Gasteiger partial charge on any atom is 0.262 e. The Morgan fingerprint density at radius 1 is 1.22 bits per heavy atom. The smallest absolute Gasteiger partial charge is 0.262 e. The van der Waals surface area contributed by atoms with Crippen molar-refractivity contribution in [3.05, 3.63) is 34.6 Å². The summed E-state index contributed by atoms with van der Waals surface area (Å²) in [4.78, 5) is 32.3. The van der Waals surface area contributed by atoms with Gasteiger partial charge in [0.15, 0.2) is 5.16 Å². The summed E-state index contributed by atoms with van der Waals surface area (Å²) in [5.74, 6) is 0.417. The average molecular weight is 390 g/mol. The van der Waals surface area contributed by atoms with Crippen LogP contribution in [0.25, 0.3) is 10.9 Å². The number of para-hydroxylation sites is 1. The van der Waals surface area contributed by atoms with E-state index < -0.39 is 0 Å². The number of nitrogens with zero attached hydrogens (tertiary/aromatic N) is 3. The van der Waals surface area contributed by atoms with Gasteiger partial charge in [-0.25, -0.2) is 4.98 Å². The fraction of sp³-hybridized carbons (Fsp3) is 0.550. The lowest BCUT2D eigenvalue weighted by Crippen LogP contribution is -2.34. The Labute approximate surface area is 163 Å². The number of amides is 1. The van der Waals surface area contributed by atoms with Gasteiger partial charge in [-0.1, -0.05) is 36.7 Å². The number of ether oxygens (including phenoxy) is 1. The van der Waals surface area contributed by atoms with Gasteiger partial charge in [0.2, 0.25) is 5.91 Å². The number of rotatable bonds is 6. The highest BCUT2D eigenvalue weighted by atomic mass is 32.2. The van der Waals surface area contributed by atoms with Crippen LogP contribution in [0.1, 0.15) is 38.6 Å². The van der Waals surface area contributed by atoms with Crippen LogP contribution in [-0.2, 0) is 9.53 Å². The molecule has 3 rings (SSSR count). The molecule has 0 saturated carbocycles. The second-order valence-electron chi connectivity index (χ2n) is 6.97. The Morgan fingerprint density at radius 3 is 2.63 bits per heavy atom. The zero-order chi connectivity index (χ0) is 19.2. The quantitative estimate of drug-likeness (QED) is 0.561. The third-order valence-electron chi connectivity index (χ3n) is 4.91. The highest BCUT2D eigenvalue weighted by molar-refractivity contribution is 7.99. The number of benzene rings is 1. The minimum absolute atomic E-state index is 0.0881. The third-order valence-corrected chi connectivity index (χ3v) is 5.85. The molecule has 1 aliphatic rings. The first-order valence-corrected chi connectivity index (χ1v) is 10.5. The molecule has 6 nitrogen and oxygen atoms in total. The number of carbonyl (C=O) groups is 1. The molecule has 146 valence electrons. The molecule has 1 unspecified atom stereocenters. The van der Waals surface area contributed by atoms with Crippen LogP contribution in [0.3, 0.4) is 0 Å². The summed E-state index contributed by atoms with van der Waals surface area (Å²) < 4.78 is 6.90. The molecule has 1 atom stereocenters. The molecule has 0 radical (unpaired) electrons. The Morgan fingerprint density at radius 2 is 1.93 bits per heavy atom. The third kappa shape index (κ3) is 4.71. The van der Waals surface area contributed by atoms with Crippen LogP contribution in [0.4, 0.5) is 0 Å². The number of likely N-dealkylation sites (tertiary alicyclic amines) is 1. The predicted molar refractivity (Wildman–Crippen MR) is 108 cm³/mol. The summed E-state index contributed by atoms with van der Waals surface area (Å²) in [7, 11) is 1.62.